The van der Waals surface area contributed by atoms with E-state index in [1.165, 1.54) is 15.9 Å². The Balaban J connectivity index is 1.27. The zero-order valence-corrected chi connectivity index (χ0v) is 19.6. The van der Waals surface area contributed by atoms with E-state index in [1.807, 2.05) is 48.2 Å². The number of benzene rings is 2. The Kier molecular flexibility index (Phi) is 5.97. The summed E-state index contributed by atoms with van der Waals surface area (Å²) in [4.78, 5) is 34.7. The van der Waals surface area contributed by atoms with Crippen LogP contribution in [0, 0.1) is 6.92 Å². The number of halogens is 1. The number of carbonyl (C=O) groups excluding carboxylic acids is 1. The SMILES string of the molecule is Cc1ccc(C(=O)N2CCN(Cc3cc(=O)n4nc(-c5ccc(Cl)cc5)sc4n3)CC2)cc1. The highest BCUT2D eigenvalue weighted by molar-refractivity contribution is 7.19. The smallest absolute Gasteiger partial charge is 0.275 e. The van der Waals surface area contributed by atoms with Crippen molar-refractivity contribution in [2.75, 3.05) is 26.2 Å². The Labute approximate surface area is 199 Å². The second-order valence-electron chi connectivity index (χ2n) is 8.13. The molecule has 2 aromatic heterocycles. The molecule has 1 amide bonds. The Morgan fingerprint density at radius 3 is 2.42 bits per heavy atom. The number of carbonyl (C=O) groups is 1. The molecular weight excluding hydrogens is 458 g/mol. The van der Waals surface area contributed by atoms with Gasteiger partial charge in [-0.3, -0.25) is 14.5 Å². The Hall–Kier alpha value is -3.07. The van der Waals surface area contributed by atoms with Gasteiger partial charge in [-0.25, -0.2) is 4.98 Å². The van der Waals surface area contributed by atoms with Crippen LogP contribution in [0.4, 0.5) is 0 Å². The first-order valence-corrected chi connectivity index (χ1v) is 11.9. The minimum Gasteiger partial charge on any atom is -0.336 e. The number of fused-ring (bicyclic) bond motifs is 1. The van der Waals surface area contributed by atoms with Crippen LogP contribution in [-0.2, 0) is 6.54 Å². The lowest BCUT2D eigenvalue weighted by Crippen LogP contribution is -2.48. The van der Waals surface area contributed by atoms with Gasteiger partial charge in [0.1, 0.15) is 5.01 Å². The van der Waals surface area contributed by atoms with Crippen LogP contribution in [0.3, 0.4) is 0 Å². The molecule has 1 aliphatic rings. The molecule has 0 atom stereocenters. The molecule has 1 fully saturated rings. The second-order valence-corrected chi connectivity index (χ2v) is 9.52. The van der Waals surface area contributed by atoms with E-state index in [1.54, 1.807) is 18.2 Å². The monoisotopic (exact) mass is 479 g/mol. The first kappa shape index (κ1) is 21.8. The fourth-order valence-electron chi connectivity index (χ4n) is 3.86. The first-order valence-electron chi connectivity index (χ1n) is 10.7. The van der Waals surface area contributed by atoms with Crippen molar-refractivity contribution in [3.8, 4) is 10.6 Å². The predicted molar refractivity (Wildman–Crippen MR) is 130 cm³/mol. The fourth-order valence-corrected chi connectivity index (χ4v) is 4.92. The summed E-state index contributed by atoms with van der Waals surface area (Å²) in [5.41, 5.74) is 3.27. The van der Waals surface area contributed by atoms with E-state index in [0.29, 0.717) is 35.3 Å². The van der Waals surface area contributed by atoms with Crippen LogP contribution in [0.15, 0.2) is 59.4 Å². The summed E-state index contributed by atoms with van der Waals surface area (Å²) in [5.74, 6) is 0.0619. The van der Waals surface area contributed by atoms with Crippen LogP contribution in [0.2, 0.25) is 5.02 Å². The number of hydrogen-bond donors (Lipinski definition) is 0. The van der Waals surface area contributed by atoms with Crippen molar-refractivity contribution in [3.63, 3.8) is 0 Å². The molecule has 168 valence electrons. The number of nitrogens with zero attached hydrogens (tertiary/aromatic N) is 5. The molecule has 0 N–H and O–H groups in total. The summed E-state index contributed by atoms with van der Waals surface area (Å²) in [6.07, 6.45) is 0. The van der Waals surface area contributed by atoms with Gasteiger partial charge in [0.15, 0.2) is 0 Å². The molecule has 9 heteroatoms. The molecule has 2 aromatic carbocycles. The van der Waals surface area contributed by atoms with Crippen LogP contribution in [0.1, 0.15) is 21.6 Å². The van der Waals surface area contributed by atoms with Gasteiger partial charge in [-0.05, 0) is 31.2 Å². The summed E-state index contributed by atoms with van der Waals surface area (Å²) < 4.78 is 1.34. The van der Waals surface area contributed by atoms with Gasteiger partial charge in [-0.2, -0.15) is 9.61 Å². The highest BCUT2D eigenvalue weighted by Crippen LogP contribution is 2.25. The number of aryl methyl sites for hydroxylation is 1. The molecule has 1 saturated heterocycles. The molecule has 0 aliphatic carbocycles. The van der Waals surface area contributed by atoms with E-state index in [4.69, 9.17) is 11.6 Å². The largest absolute Gasteiger partial charge is 0.336 e. The quantitative estimate of drug-likeness (QED) is 0.446. The summed E-state index contributed by atoms with van der Waals surface area (Å²) in [6, 6.07) is 16.6. The van der Waals surface area contributed by atoms with Crippen LogP contribution in [-0.4, -0.2) is 56.5 Å². The Morgan fingerprint density at radius 1 is 1.03 bits per heavy atom. The van der Waals surface area contributed by atoms with Gasteiger partial charge in [-0.1, -0.05) is 52.8 Å². The minimum absolute atomic E-state index is 0.0619. The lowest BCUT2D eigenvalue weighted by molar-refractivity contribution is 0.0627. The van der Waals surface area contributed by atoms with Crippen molar-refractivity contribution in [2.45, 2.75) is 13.5 Å². The van der Waals surface area contributed by atoms with Crippen molar-refractivity contribution in [3.05, 3.63) is 86.8 Å². The number of aromatic nitrogens is 3. The van der Waals surface area contributed by atoms with Crippen LogP contribution in [0.25, 0.3) is 15.5 Å². The van der Waals surface area contributed by atoms with E-state index < -0.39 is 0 Å². The van der Waals surface area contributed by atoms with E-state index >= 15 is 0 Å². The molecule has 0 unspecified atom stereocenters. The molecular formula is C24H22ClN5O2S. The van der Waals surface area contributed by atoms with Gasteiger partial charge >= 0.3 is 0 Å². The van der Waals surface area contributed by atoms with Crippen LogP contribution < -0.4 is 5.56 Å². The highest BCUT2D eigenvalue weighted by atomic mass is 35.5. The Bertz CT molecular complexity index is 1360. The average Bonchev–Trinajstić information content (AvgIpc) is 3.25. The van der Waals surface area contributed by atoms with Gasteiger partial charge < -0.3 is 4.90 Å². The van der Waals surface area contributed by atoms with Gasteiger partial charge in [0, 0.05) is 54.9 Å². The highest BCUT2D eigenvalue weighted by Gasteiger charge is 2.23. The number of rotatable bonds is 4. The van der Waals surface area contributed by atoms with Crippen LogP contribution in [0.5, 0.6) is 0 Å². The third-order valence-corrected chi connectivity index (χ3v) is 6.94. The third kappa shape index (κ3) is 4.68. The van der Waals surface area contributed by atoms with Gasteiger partial charge in [0.25, 0.3) is 11.5 Å². The maximum absolute atomic E-state index is 12.7. The lowest BCUT2D eigenvalue weighted by atomic mass is 10.1. The second kappa shape index (κ2) is 9.05. The molecule has 5 rings (SSSR count). The summed E-state index contributed by atoms with van der Waals surface area (Å²) in [7, 11) is 0. The van der Waals surface area contributed by atoms with E-state index in [0.717, 1.165) is 34.8 Å². The molecule has 0 saturated carbocycles. The number of piperazine rings is 1. The number of amides is 1. The molecule has 3 heterocycles. The normalized spacial score (nSPS) is 14.7. The van der Waals surface area contributed by atoms with Gasteiger partial charge in [0.2, 0.25) is 4.96 Å². The summed E-state index contributed by atoms with van der Waals surface area (Å²) in [5, 5.41) is 5.79. The zero-order chi connectivity index (χ0) is 22.9. The molecule has 1 aliphatic heterocycles. The maximum atomic E-state index is 12.7. The summed E-state index contributed by atoms with van der Waals surface area (Å²) >= 11 is 7.34. The molecule has 0 spiro atoms. The Morgan fingerprint density at radius 2 is 1.73 bits per heavy atom. The minimum atomic E-state index is -0.195. The average molecular weight is 480 g/mol. The lowest BCUT2D eigenvalue weighted by Gasteiger charge is -2.34. The van der Waals surface area contributed by atoms with E-state index in [9.17, 15) is 9.59 Å². The van der Waals surface area contributed by atoms with Crippen molar-refractivity contribution >= 4 is 33.8 Å². The van der Waals surface area contributed by atoms with Crippen molar-refractivity contribution in [1.29, 1.82) is 0 Å². The predicted octanol–water partition coefficient (Wildman–Crippen LogP) is 3.74. The fraction of sp³-hybridized carbons (Fsp3) is 0.250. The van der Waals surface area contributed by atoms with Crippen molar-refractivity contribution in [2.24, 2.45) is 0 Å². The van der Waals surface area contributed by atoms with Crippen molar-refractivity contribution in [1.82, 2.24) is 24.4 Å². The first-order chi connectivity index (χ1) is 16.0. The third-order valence-electron chi connectivity index (χ3n) is 5.73. The summed E-state index contributed by atoms with van der Waals surface area (Å²) in [6.45, 7) is 5.33. The molecule has 33 heavy (non-hydrogen) atoms. The number of hydrogen-bond acceptors (Lipinski definition) is 6. The van der Waals surface area contributed by atoms with Gasteiger partial charge in [-0.15, -0.1) is 0 Å². The molecule has 4 aromatic rings. The van der Waals surface area contributed by atoms with Crippen molar-refractivity contribution < 1.29 is 4.79 Å². The van der Waals surface area contributed by atoms with E-state index in [-0.39, 0.29) is 11.5 Å². The molecule has 0 bridgehead atoms. The van der Waals surface area contributed by atoms with E-state index in [2.05, 4.69) is 15.0 Å². The maximum Gasteiger partial charge on any atom is 0.275 e. The molecule has 7 nitrogen and oxygen atoms in total. The topological polar surface area (TPSA) is 70.8 Å². The zero-order valence-electron chi connectivity index (χ0n) is 18.1. The van der Waals surface area contributed by atoms with Crippen LogP contribution >= 0.6 is 22.9 Å². The molecule has 0 radical (unpaired) electrons. The standard InChI is InChI=1S/C24H22ClN5O2S/c1-16-2-4-18(5-3-16)23(32)29-12-10-28(11-13-29)15-20-14-21(31)30-24(26-20)33-22(27-30)17-6-8-19(25)9-7-17/h2-9,14H,10-13,15H2,1H3. The van der Waals surface area contributed by atoms with Gasteiger partial charge in [0.05, 0.1) is 5.69 Å².